The second-order valence-electron chi connectivity index (χ2n) is 5.97. The lowest BCUT2D eigenvalue weighted by atomic mass is 10.1. The van der Waals surface area contributed by atoms with Gasteiger partial charge in [-0.25, -0.2) is 18.5 Å². The number of aryl methyl sites for hydroxylation is 1. The van der Waals surface area contributed by atoms with Crippen molar-refractivity contribution >= 4 is 27.3 Å². The summed E-state index contributed by atoms with van der Waals surface area (Å²) in [4.78, 5) is 17.7. The summed E-state index contributed by atoms with van der Waals surface area (Å²) in [7, 11) is -3.69. The quantitative estimate of drug-likeness (QED) is 0.663. The van der Waals surface area contributed by atoms with Crippen LogP contribution in [0.15, 0.2) is 59.5 Å². The van der Waals surface area contributed by atoms with Gasteiger partial charge in [-0.2, -0.15) is 0 Å². The Bertz CT molecular complexity index is 1040. The molecule has 2 aromatic carbocycles. The molecule has 0 saturated carbocycles. The van der Waals surface area contributed by atoms with Gasteiger partial charge in [-0.15, -0.1) is 11.3 Å². The van der Waals surface area contributed by atoms with E-state index in [1.807, 2.05) is 37.3 Å². The maximum atomic E-state index is 12.6. The van der Waals surface area contributed by atoms with E-state index in [1.165, 1.54) is 23.5 Å². The highest BCUT2D eigenvalue weighted by Gasteiger charge is 2.17. The number of benzene rings is 2. The summed E-state index contributed by atoms with van der Waals surface area (Å²) in [5.41, 5.74) is 2.50. The molecule has 0 radical (unpaired) electrons. The summed E-state index contributed by atoms with van der Waals surface area (Å²) in [6.45, 7) is 2.31. The Morgan fingerprint density at radius 3 is 2.41 bits per heavy atom. The number of nitrogens with one attached hydrogen (secondary N) is 1. The van der Waals surface area contributed by atoms with Crippen molar-refractivity contribution in [2.75, 3.05) is 6.54 Å². The van der Waals surface area contributed by atoms with Gasteiger partial charge in [0, 0.05) is 12.1 Å². The molecule has 1 heterocycles. The van der Waals surface area contributed by atoms with Crippen molar-refractivity contribution in [2.45, 2.75) is 18.2 Å². The average Bonchev–Trinajstić information content (AvgIpc) is 3.04. The standard InChI is InChI=1S/C19H19N3O3S2/c1-13-22-17(15-5-3-2-4-6-15)18(26-13)19(23)21-12-11-14-7-9-16(10-8-14)27(20,24)25/h2-10H,11-12H2,1H3,(H,21,23)(H2,20,24,25). The van der Waals surface area contributed by atoms with Crippen LogP contribution in [-0.2, 0) is 16.4 Å². The molecular formula is C19H19N3O3S2. The van der Waals surface area contributed by atoms with Crippen molar-refractivity contribution in [3.05, 3.63) is 70.0 Å². The minimum Gasteiger partial charge on any atom is -0.351 e. The lowest BCUT2D eigenvalue weighted by Crippen LogP contribution is -2.25. The third kappa shape index (κ3) is 4.79. The zero-order valence-corrected chi connectivity index (χ0v) is 16.3. The van der Waals surface area contributed by atoms with Crippen LogP contribution in [0, 0.1) is 6.92 Å². The summed E-state index contributed by atoms with van der Waals surface area (Å²) in [6, 6.07) is 15.9. The van der Waals surface area contributed by atoms with Crippen LogP contribution in [0.5, 0.6) is 0 Å². The summed E-state index contributed by atoms with van der Waals surface area (Å²) in [5.74, 6) is -0.166. The predicted molar refractivity (Wildman–Crippen MR) is 106 cm³/mol. The Balaban J connectivity index is 1.65. The summed E-state index contributed by atoms with van der Waals surface area (Å²) < 4.78 is 22.5. The minimum absolute atomic E-state index is 0.0722. The van der Waals surface area contributed by atoms with E-state index in [2.05, 4.69) is 10.3 Å². The Morgan fingerprint density at radius 1 is 1.11 bits per heavy atom. The molecule has 0 aliphatic carbocycles. The van der Waals surface area contributed by atoms with E-state index >= 15 is 0 Å². The van der Waals surface area contributed by atoms with Crippen LogP contribution in [0.25, 0.3) is 11.3 Å². The molecule has 1 amide bonds. The molecule has 27 heavy (non-hydrogen) atoms. The average molecular weight is 402 g/mol. The minimum atomic E-state index is -3.69. The van der Waals surface area contributed by atoms with E-state index in [1.54, 1.807) is 12.1 Å². The fraction of sp³-hybridized carbons (Fsp3) is 0.158. The Morgan fingerprint density at radius 2 is 1.78 bits per heavy atom. The van der Waals surface area contributed by atoms with Crippen LogP contribution in [0.4, 0.5) is 0 Å². The zero-order chi connectivity index (χ0) is 19.4. The van der Waals surface area contributed by atoms with Crippen molar-refractivity contribution < 1.29 is 13.2 Å². The van der Waals surface area contributed by atoms with Gasteiger partial charge in [0.2, 0.25) is 10.0 Å². The van der Waals surface area contributed by atoms with Crippen molar-refractivity contribution in [1.82, 2.24) is 10.3 Å². The molecule has 6 nitrogen and oxygen atoms in total. The number of thiazole rings is 1. The van der Waals surface area contributed by atoms with Gasteiger partial charge in [0.1, 0.15) is 4.88 Å². The molecule has 0 aliphatic rings. The number of hydrogen-bond acceptors (Lipinski definition) is 5. The number of nitrogens with two attached hydrogens (primary N) is 1. The highest BCUT2D eigenvalue weighted by Crippen LogP contribution is 2.27. The first-order valence-electron chi connectivity index (χ1n) is 8.27. The highest BCUT2D eigenvalue weighted by molar-refractivity contribution is 7.89. The Hall–Kier alpha value is -2.55. The van der Waals surface area contributed by atoms with Gasteiger partial charge in [0.05, 0.1) is 15.6 Å². The van der Waals surface area contributed by atoms with Gasteiger partial charge >= 0.3 is 0 Å². The Labute approximate surface area is 162 Å². The normalized spacial score (nSPS) is 11.3. The van der Waals surface area contributed by atoms with Crippen LogP contribution >= 0.6 is 11.3 Å². The van der Waals surface area contributed by atoms with Gasteiger partial charge in [-0.3, -0.25) is 4.79 Å². The van der Waals surface area contributed by atoms with E-state index in [4.69, 9.17) is 5.14 Å². The third-order valence-electron chi connectivity index (χ3n) is 3.94. The number of amides is 1. The molecule has 8 heteroatoms. The number of sulfonamides is 1. The smallest absolute Gasteiger partial charge is 0.263 e. The molecule has 3 rings (SSSR count). The van der Waals surface area contributed by atoms with E-state index in [9.17, 15) is 13.2 Å². The second kappa shape index (κ2) is 7.99. The lowest BCUT2D eigenvalue weighted by Gasteiger charge is -2.06. The molecule has 0 fully saturated rings. The van der Waals surface area contributed by atoms with E-state index in [0.717, 1.165) is 16.1 Å². The fourth-order valence-electron chi connectivity index (χ4n) is 2.62. The zero-order valence-electron chi connectivity index (χ0n) is 14.7. The van der Waals surface area contributed by atoms with Gasteiger partial charge in [0.25, 0.3) is 5.91 Å². The fourth-order valence-corrected chi connectivity index (χ4v) is 3.99. The van der Waals surface area contributed by atoms with Crippen molar-refractivity contribution in [1.29, 1.82) is 0 Å². The number of rotatable bonds is 6. The second-order valence-corrected chi connectivity index (χ2v) is 8.74. The maximum absolute atomic E-state index is 12.6. The summed E-state index contributed by atoms with van der Waals surface area (Å²) in [6.07, 6.45) is 0.578. The molecule has 0 bridgehead atoms. The molecule has 0 atom stereocenters. The first-order valence-corrected chi connectivity index (χ1v) is 10.6. The lowest BCUT2D eigenvalue weighted by molar-refractivity contribution is 0.0958. The van der Waals surface area contributed by atoms with Crippen molar-refractivity contribution in [2.24, 2.45) is 5.14 Å². The van der Waals surface area contributed by atoms with E-state index in [0.29, 0.717) is 23.5 Å². The van der Waals surface area contributed by atoms with Gasteiger partial charge in [0.15, 0.2) is 0 Å². The molecule has 3 N–H and O–H groups in total. The number of nitrogens with zero attached hydrogens (tertiary/aromatic N) is 1. The van der Waals surface area contributed by atoms with Gasteiger partial charge < -0.3 is 5.32 Å². The third-order valence-corrected chi connectivity index (χ3v) is 5.84. The largest absolute Gasteiger partial charge is 0.351 e. The monoisotopic (exact) mass is 401 g/mol. The number of primary sulfonamides is 1. The van der Waals surface area contributed by atoms with Gasteiger partial charge in [-0.05, 0) is 31.0 Å². The molecule has 0 saturated heterocycles. The van der Waals surface area contributed by atoms with E-state index in [-0.39, 0.29) is 10.8 Å². The summed E-state index contributed by atoms with van der Waals surface area (Å²) >= 11 is 1.36. The molecule has 0 aliphatic heterocycles. The first kappa shape index (κ1) is 19.2. The topological polar surface area (TPSA) is 102 Å². The molecule has 0 unspecified atom stereocenters. The summed E-state index contributed by atoms with van der Waals surface area (Å²) in [5, 5.41) is 8.82. The number of hydrogen-bond donors (Lipinski definition) is 2. The highest BCUT2D eigenvalue weighted by atomic mass is 32.2. The predicted octanol–water partition coefficient (Wildman–Crippen LogP) is 2.74. The van der Waals surface area contributed by atoms with E-state index < -0.39 is 10.0 Å². The molecule has 0 spiro atoms. The number of carbonyl (C=O) groups is 1. The molecule has 140 valence electrons. The van der Waals surface area contributed by atoms with Crippen LogP contribution in [0.3, 0.4) is 0 Å². The van der Waals surface area contributed by atoms with Crippen molar-refractivity contribution in [3.63, 3.8) is 0 Å². The first-order chi connectivity index (χ1) is 12.8. The van der Waals surface area contributed by atoms with Crippen LogP contribution in [0.1, 0.15) is 20.2 Å². The molecule has 3 aromatic rings. The Kier molecular flexibility index (Phi) is 5.69. The van der Waals surface area contributed by atoms with Crippen molar-refractivity contribution in [3.8, 4) is 11.3 Å². The molecule has 1 aromatic heterocycles. The van der Waals surface area contributed by atoms with Gasteiger partial charge in [-0.1, -0.05) is 42.5 Å². The SMILES string of the molecule is Cc1nc(-c2ccccc2)c(C(=O)NCCc2ccc(S(N)(=O)=O)cc2)s1. The molecular weight excluding hydrogens is 382 g/mol. The van der Waals surface area contributed by atoms with Crippen LogP contribution in [-0.4, -0.2) is 25.9 Å². The maximum Gasteiger partial charge on any atom is 0.263 e. The number of aromatic nitrogens is 1. The number of carbonyl (C=O) groups excluding carboxylic acids is 1. The van der Waals surface area contributed by atoms with Crippen LogP contribution in [0.2, 0.25) is 0 Å². The van der Waals surface area contributed by atoms with Crippen LogP contribution < -0.4 is 10.5 Å².